The summed E-state index contributed by atoms with van der Waals surface area (Å²) in [5.74, 6) is -1.55. The minimum absolute atomic E-state index is 0.116. The topological polar surface area (TPSA) is 38.3 Å². The predicted octanol–water partition coefficient (Wildman–Crippen LogP) is 2.26. The third-order valence-corrected chi connectivity index (χ3v) is 3.13. The molecule has 0 spiro atoms. The lowest BCUT2D eigenvalue weighted by molar-refractivity contribution is -0.183. The second kappa shape index (κ2) is 6.23. The van der Waals surface area contributed by atoms with Gasteiger partial charge >= 0.3 is 12.1 Å². The van der Waals surface area contributed by atoms with Gasteiger partial charge in [-0.25, -0.2) is 0 Å². The standard InChI is InChI=1S/C11H18F3NO2/c1-17-10(16)5-6-15-9-4-2-3-8(7-9)11(12,13)14/h8-9,15H,2-7H2,1H3. The third kappa shape index (κ3) is 4.93. The molecule has 0 aliphatic heterocycles. The third-order valence-electron chi connectivity index (χ3n) is 3.13. The van der Waals surface area contributed by atoms with Crippen LogP contribution in [0.25, 0.3) is 0 Å². The molecule has 1 N–H and O–H groups in total. The number of nitrogens with one attached hydrogen (secondary N) is 1. The van der Waals surface area contributed by atoms with Gasteiger partial charge in [-0.3, -0.25) is 4.79 Å². The zero-order chi connectivity index (χ0) is 12.9. The summed E-state index contributed by atoms with van der Waals surface area (Å²) in [5.41, 5.74) is 0. The van der Waals surface area contributed by atoms with Crippen molar-refractivity contribution in [2.45, 2.75) is 44.3 Å². The summed E-state index contributed by atoms with van der Waals surface area (Å²) < 4.78 is 42.0. The number of carbonyl (C=O) groups is 1. The van der Waals surface area contributed by atoms with Crippen LogP contribution in [0.5, 0.6) is 0 Å². The molecule has 1 rings (SSSR count). The number of methoxy groups -OCH3 is 1. The van der Waals surface area contributed by atoms with Gasteiger partial charge in [-0.1, -0.05) is 6.42 Å². The quantitative estimate of drug-likeness (QED) is 0.781. The zero-order valence-corrected chi connectivity index (χ0v) is 9.85. The van der Waals surface area contributed by atoms with Crippen molar-refractivity contribution in [1.82, 2.24) is 5.32 Å². The lowest BCUT2D eigenvalue weighted by Crippen LogP contribution is -2.39. The van der Waals surface area contributed by atoms with Gasteiger partial charge in [0.05, 0.1) is 19.4 Å². The Hall–Kier alpha value is -0.780. The molecule has 1 saturated carbocycles. The molecule has 0 saturated heterocycles. The first-order valence-electron chi connectivity index (χ1n) is 5.80. The maximum atomic E-state index is 12.5. The number of rotatable bonds is 4. The molecule has 2 unspecified atom stereocenters. The van der Waals surface area contributed by atoms with Gasteiger partial charge in [0.1, 0.15) is 0 Å². The lowest BCUT2D eigenvalue weighted by atomic mass is 9.85. The minimum atomic E-state index is -4.09. The number of halogens is 3. The van der Waals surface area contributed by atoms with Gasteiger partial charge in [0, 0.05) is 12.6 Å². The van der Waals surface area contributed by atoms with Crippen LogP contribution in [-0.2, 0) is 9.53 Å². The molecule has 0 radical (unpaired) electrons. The minimum Gasteiger partial charge on any atom is -0.469 e. The summed E-state index contributed by atoms with van der Waals surface area (Å²) in [5, 5.41) is 2.99. The van der Waals surface area contributed by atoms with Crippen LogP contribution in [0, 0.1) is 5.92 Å². The molecule has 1 aliphatic carbocycles. The van der Waals surface area contributed by atoms with Gasteiger partial charge in [0.2, 0.25) is 0 Å². The molecule has 0 bridgehead atoms. The second-order valence-corrected chi connectivity index (χ2v) is 4.38. The Morgan fingerprint density at radius 1 is 1.41 bits per heavy atom. The molecule has 0 heterocycles. The van der Waals surface area contributed by atoms with Gasteiger partial charge < -0.3 is 10.1 Å². The van der Waals surface area contributed by atoms with E-state index in [-0.39, 0.29) is 31.3 Å². The lowest BCUT2D eigenvalue weighted by Gasteiger charge is -2.31. The normalized spacial score (nSPS) is 25.6. The highest BCUT2D eigenvalue weighted by atomic mass is 19.4. The van der Waals surface area contributed by atoms with Crippen LogP contribution in [0.2, 0.25) is 0 Å². The second-order valence-electron chi connectivity index (χ2n) is 4.38. The van der Waals surface area contributed by atoms with Gasteiger partial charge in [-0.2, -0.15) is 13.2 Å². The van der Waals surface area contributed by atoms with Crippen LogP contribution in [0.1, 0.15) is 32.1 Å². The van der Waals surface area contributed by atoms with E-state index >= 15 is 0 Å². The van der Waals surface area contributed by atoms with Crippen molar-refractivity contribution in [2.24, 2.45) is 5.92 Å². The fourth-order valence-corrected chi connectivity index (χ4v) is 2.15. The average molecular weight is 253 g/mol. The maximum absolute atomic E-state index is 12.5. The van der Waals surface area contributed by atoms with Crippen molar-refractivity contribution in [2.75, 3.05) is 13.7 Å². The number of alkyl halides is 3. The van der Waals surface area contributed by atoms with Gasteiger partial charge in [-0.15, -0.1) is 0 Å². The van der Waals surface area contributed by atoms with E-state index < -0.39 is 12.1 Å². The van der Waals surface area contributed by atoms with E-state index in [1.165, 1.54) is 7.11 Å². The monoisotopic (exact) mass is 253 g/mol. The van der Waals surface area contributed by atoms with Gasteiger partial charge in [0.15, 0.2) is 0 Å². The summed E-state index contributed by atoms with van der Waals surface area (Å²) in [4.78, 5) is 10.8. The SMILES string of the molecule is COC(=O)CCNC1CCCC(C(F)(F)F)C1. The van der Waals surface area contributed by atoms with Crippen molar-refractivity contribution >= 4 is 5.97 Å². The molecule has 0 aromatic carbocycles. The highest BCUT2D eigenvalue weighted by Crippen LogP contribution is 2.37. The van der Waals surface area contributed by atoms with Crippen molar-refractivity contribution in [3.63, 3.8) is 0 Å². The first-order chi connectivity index (χ1) is 7.93. The Bertz CT molecular complexity index is 256. The molecule has 3 nitrogen and oxygen atoms in total. The van der Waals surface area contributed by atoms with E-state index in [1.54, 1.807) is 0 Å². The summed E-state index contributed by atoms with van der Waals surface area (Å²) in [6, 6.07) is -0.139. The number of ether oxygens (including phenoxy) is 1. The van der Waals surface area contributed by atoms with Crippen molar-refractivity contribution in [3.05, 3.63) is 0 Å². The fraction of sp³-hybridized carbons (Fsp3) is 0.909. The Kier molecular flexibility index (Phi) is 5.24. The fourth-order valence-electron chi connectivity index (χ4n) is 2.15. The largest absolute Gasteiger partial charge is 0.469 e. The van der Waals surface area contributed by atoms with Crippen molar-refractivity contribution in [3.8, 4) is 0 Å². The summed E-state index contributed by atoms with van der Waals surface area (Å²) in [7, 11) is 1.29. The molecule has 0 aromatic heterocycles. The van der Waals surface area contributed by atoms with E-state index in [0.717, 1.165) is 6.42 Å². The molecular weight excluding hydrogens is 235 g/mol. The highest BCUT2D eigenvalue weighted by Gasteiger charge is 2.41. The van der Waals surface area contributed by atoms with E-state index in [4.69, 9.17) is 0 Å². The molecule has 100 valence electrons. The first kappa shape index (κ1) is 14.3. The predicted molar refractivity (Wildman–Crippen MR) is 56.4 cm³/mol. The Balaban J connectivity index is 2.28. The summed E-state index contributed by atoms with van der Waals surface area (Å²) in [6.45, 7) is 0.377. The van der Waals surface area contributed by atoms with E-state index in [2.05, 4.69) is 10.1 Å². The van der Waals surface area contributed by atoms with Crippen LogP contribution in [0.3, 0.4) is 0 Å². The molecule has 1 fully saturated rings. The number of esters is 1. The van der Waals surface area contributed by atoms with Crippen LogP contribution < -0.4 is 5.32 Å². The molecule has 0 amide bonds. The van der Waals surface area contributed by atoms with Crippen molar-refractivity contribution in [1.29, 1.82) is 0 Å². The first-order valence-corrected chi connectivity index (χ1v) is 5.80. The van der Waals surface area contributed by atoms with Crippen LogP contribution in [0.15, 0.2) is 0 Å². The average Bonchev–Trinajstić information content (AvgIpc) is 2.28. The molecule has 17 heavy (non-hydrogen) atoms. The molecule has 1 aliphatic rings. The Labute approximate surface area is 98.7 Å². The van der Waals surface area contributed by atoms with Crippen LogP contribution in [-0.4, -0.2) is 31.8 Å². The highest BCUT2D eigenvalue weighted by molar-refractivity contribution is 5.69. The Morgan fingerprint density at radius 3 is 2.71 bits per heavy atom. The van der Waals surface area contributed by atoms with Gasteiger partial charge in [0.25, 0.3) is 0 Å². The van der Waals surface area contributed by atoms with Crippen LogP contribution >= 0.6 is 0 Å². The number of carbonyl (C=O) groups excluding carboxylic acids is 1. The van der Waals surface area contributed by atoms with E-state index in [1.807, 2.05) is 0 Å². The van der Waals surface area contributed by atoms with E-state index in [9.17, 15) is 18.0 Å². The van der Waals surface area contributed by atoms with Crippen LogP contribution in [0.4, 0.5) is 13.2 Å². The summed E-state index contributed by atoms with van der Waals surface area (Å²) in [6.07, 6.45) is -2.23. The molecule has 0 aromatic rings. The summed E-state index contributed by atoms with van der Waals surface area (Å²) >= 11 is 0. The maximum Gasteiger partial charge on any atom is 0.391 e. The molecular formula is C11H18F3NO2. The zero-order valence-electron chi connectivity index (χ0n) is 9.85. The van der Waals surface area contributed by atoms with Crippen molar-refractivity contribution < 1.29 is 22.7 Å². The molecule has 6 heteroatoms. The Morgan fingerprint density at radius 2 is 2.12 bits per heavy atom. The smallest absolute Gasteiger partial charge is 0.391 e. The number of hydrogen-bond donors (Lipinski definition) is 1. The van der Waals surface area contributed by atoms with E-state index in [0.29, 0.717) is 13.0 Å². The number of hydrogen-bond acceptors (Lipinski definition) is 3. The molecule has 2 atom stereocenters. The van der Waals surface area contributed by atoms with Gasteiger partial charge in [-0.05, 0) is 19.3 Å².